The van der Waals surface area contributed by atoms with Crippen LogP contribution in [0.3, 0.4) is 0 Å². The van der Waals surface area contributed by atoms with E-state index in [9.17, 15) is 8.78 Å². The number of aromatic amines is 1. The predicted octanol–water partition coefficient (Wildman–Crippen LogP) is 4.24. The van der Waals surface area contributed by atoms with E-state index in [2.05, 4.69) is 20.9 Å². The van der Waals surface area contributed by atoms with Gasteiger partial charge < -0.3 is 4.98 Å². The lowest BCUT2D eigenvalue weighted by atomic mass is 10.2. The van der Waals surface area contributed by atoms with Crippen LogP contribution in [0.25, 0.3) is 10.9 Å². The molecule has 0 radical (unpaired) electrons. The fraction of sp³-hybridized carbons (Fsp3) is 0.200. The van der Waals surface area contributed by atoms with Crippen molar-refractivity contribution in [2.45, 2.75) is 11.8 Å². The summed E-state index contributed by atoms with van der Waals surface area (Å²) in [5.74, 6) is -1.62. The Morgan fingerprint density at radius 3 is 2.67 bits per heavy atom. The highest BCUT2D eigenvalue weighted by Gasteiger charge is 2.17. The molecule has 80 valence electrons. The van der Waals surface area contributed by atoms with Gasteiger partial charge in [0.05, 0.1) is 10.9 Å². The molecule has 0 aliphatic heterocycles. The van der Waals surface area contributed by atoms with Gasteiger partial charge in [-0.2, -0.15) is 0 Å². The first-order valence-corrected chi connectivity index (χ1v) is 6.27. The third-order valence-corrected chi connectivity index (χ3v) is 3.80. The molecular weight excluding hydrogens is 284 g/mol. The Balaban J connectivity index is 2.97. The highest BCUT2D eigenvalue weighted by atomic mass is 79.9. The normalized spacial score (nSPS) is 11.3. The highest BCUT2D eigenvalue weighted by Crippen LogP contribution is 2.36. The van der Waals surface area contributed by atoms with Crippen LogP contribution in [0.2, 0.25) is 0 Å². The average Bonchev–Trinajstić information content (AvgIpc) is 2.52. The van der Waals surface area contributed by atoms with Crippen molar-refractivity contribution in [3.8, 4) is 0 Å². The van der Waals surface area contributed by atoms with Crippen molar-refractivity contribution >= 4 is 38.6 Å². The van der Waals surface area contributed by atoms with E-state index in [4.69, 9.17) is 0 Å². The van der Waals surface area contributed by atoms with Gasteiger partial charge in [-0.15, -0.1) is 11.8 Å². The number of rotatable bonds is 1. The van der Waals surface area contributed by atoms with Crippen LogP contribution in [0.15, 0.2) is 15.4 Å². The Bertz CT molecular complexity index is 536. The molecule has 1 aromatic heterocycles. The number of halogens is 3. The third kappa shape index (κ3) is 1.58. The number of aryl methyl sites for hydroxylation is 1. The quantitative estimate of drug-likeness (QED) is 0.614. The van der Waals surface area contributed by atoms with Gasteiger partial charge in [-0.3, -0.25) is 0 Å². The summed E-state index contributed by atoms with van der Waals surface area (Å²) >= 11 is 4.62. The molecule has 2 rings (SSSR count). The number of hydrogen-bond acceptors (Lipinski definition) is 1. The zero-order valence-electron chi connectivity index (χ0n) is 8.12. The van der Waals surface area contributed by atoms with E-state index in [0.29, 0.717) is 15.4 Å². The van der Waals surface area contributed by atoms with Gasteiger partial charge in [0.2, 0.25) is 0 Å². The van der Waals surface area contributed by atoms with Crippen molar-refractivity contribution in [1.82, 2.24) is 4.98 Å². The van der Waals surface area contributed by atoms with Crippen molar-refractivity contribution in [2.75, 3.05) is 6.26 Å². The number of thioether (sulfide) groups is 1. The molecule has 5 heteroatoms. The van der Waals surface area contributed by atoms with Crippen LogP contribution in [-0.2, 0) is 0 Å². The summed E-state index contributed by atoms with van der Waals surface area (Å²) in [4.78, 5) is 3.79. The Kier molecular flexibility index (Phi) is 2.77. The third-order valence-electron chi connectivity index (χ3n) is 2.26. The SMILES string of the molecule is CSc1c(C)[nH]c2c(Br)cc(F)c(F)c12. The summed E-state index contributed by atoms with van der Waals surface area (Å²) in [6.07, 6.45) is 1.84. The number of H-pyrrole nitrogens is 1. The van der Waals surface area contributed by atoms with E-state index in [1.54, 1.807) is 0 Å². The Morgan fingerprint density at radius 2 is 2.07 bits per heavy atom. The Labute approximate surface area is 98.4 Å². The molecule has 0 spiro atoms. The molecule has 1 heterocycles. The van der Waals surface area contributed by atoms with Gasteiger partial charge in [-0.1, -0.05) is 0 Å². The molecule has 0 atom stereocenters. The van der Waals surface area contributed by atoms with Crippen molar-refractivity contribution in [2.24, 2.45) is 0 Å². The molecule has 1 N–H and O–H groups in total. The molecule has 0 saturated heterocycles. The van der Waals surface area contributed by atoms with Crippen LogP contribution in [0, 0.1) is 18.6 Å². The smallest absolute Gasteiger partial charge is 0.169 e. The van der Waals surface area contributed by atoms with Gasteiger partial charge in [-0.05, 0) is 35.2 Å². The minimum atomic E-state index is -0.830. The Morgan fingerprint density at radius 1 is 1.40 bits per heavy atom. The lowest BCUT2D eigenvalue weighted by Gasteiger charge is -2.00. The fourth-order valence-electron chi connectivity index (χ4n) is 1.62. The van der Waals surface area contributed by atoms with Gasteiger partial charge >= 0.3 is 0 Å². The standard InChI is InChI=1S/C10H8BrF2NS/c1-4-10(15-2)7-8(13)6(12)3-5(11)9(7)14-4/h3,14H,1-2H3. The first-order chi connectivity index (χ1) is 7.06. The van der Waals surface area contributed by atoms with Crippen molar-refractivity contribution < 1.29 is 8.78 Å². The van der Waals surface area contributed by atoms with Crippen molar-refractivity contribution in [3.05, 3.63) is 27.9 Å². The van der Waals surface area contributed by atoms with E-state index >= 15 is 0 Å². The van der Waals surface area contributed by atoms with Crippen LogP contribution in [0.5, 0.6) is 0 Å². The minimum absolute atomic E-state index is 0.326. The molecule has 1 aromatic carbocycles. The summed E-state index contributed by atoms with van der Waals surface area (Å²) in [6.45, 7) is 1.84. The first-order valence-electron chi connectivity index (χ1n) is 4.26. The number of benzene rings is 1. The molecule has 2 aromatic rings. The monoisotopic (exact) mass is 291 g/mol. The number of fused-ring (bicyclic) bond motifs is 1. The molecular formula is C10H8BrF2NS. The number of hydrogen-bond donors (Lipinski definition) is 1. The molecule has 0 unspecified atom stereocenters. The van der Waals surface area contributed by atoms with Gasteiger partial charge in [0, 0.05) is 15.1 Å². The second-order valence-electron chi connectivity index (χ2n) is 3.19. The maximum absolute atomic E-state index is 13.6. The molecule has 15 heavy (non-hydrogen) atoms. The number of nitrogens with one attached hydrogen (secondary N) is 1. The lowest BCUT2D eigenvalue weighted by Crippen LogP contribution is -1.86. The molecule has 0 fully saturated rings. The minimum Gasteiger partial charge on any atom is -0.357 e. The lowest BCUT2D eigenvalue weighted by molar-refractivity contribution is 0.515. The molecule has 0 saturated carbocycles. The molecule has 0 bridgehead atoms. The van der Waals surface area contributed by atoms with Gasteiger partial charge in [0.15, 0.2) is 11.6 Å². The Hall–Kier alpha value is -0.550. The van der Waals surface area contributed by atoms with E-state index in [1.807, 2.05) is 13.2 Å². The van der Waals surface area contributed by atoms with E-state index in [1.165, 1.54) is 11.8 Å². The van der Waals surface area contributed by atoms with Crippen LogP contribution < -0.4 is 0 Å². The first kappa shape index (κ1) is 11.0. The molecule has 0 amide bonds. The van der Waals surface area contributed by atoms with Crippen LogP contribution in [0.4, 0.5) is 8.78 Å². The maximum Gasteiger partial charge on any atom is 0.169 e. The summed E-state index contributed by atoms with van der Waals surface area (Å²) in [7, 11) is 0. The molecule has 0 aliphatic rings. The van der Waals surface area contributed by atoms with Gasteiger partial charge in [-0.25, -0.2) is 8.78 Å². The van der Waals surface area contributed by atoms with E-state index < -0.39 is 11.6 Å². The summed E-state index contributed by atoms with van der Waals surface area (Å²) in [6, 6.07) is 1.14. The maximum atomic E-state index is 13.6. The molecule has 1 nitrogen and oxygen atoms in total. The summed E-state index contributed by atoms with van der Waals surface area (Å²) in [5, 5.41) is 0.326. The van der Waals surface area contributed by atoms with Gasteiger partial charge in [0.25, 0.3) is 0 Å². The number of aromatic nitrogens is 1. The summed E-state index contributed by atoms with van der Waals surface area (Å²) in [5.41, 5.74) is 1.46. The van der Waals surface area contributed by atoms with Crippen LogP contribution in [0.1, 0.15) is 5.69 Å². The second-order valence-corrected chi connectivity index (χ2v) is 4.86. The highest BCUT2D eigenvalue weighted by molar-refractivity contribution is 9.10. The van der Waals surface area contributed by atoms with Crippen molar-refractivity contribution in [1.29, 1.82) is 0 Å². The zero-order chi connectivity index (χ0) is 11.2. The van der Waals surface area contributed by atoms with E-state index in [0.717, 1.165) is 16.7 Å². The second kappa shape index (κ2) is 3.79. The predicted molar refractivity (Wildman–Crippen MR) is 62.4 cm³/mol. The zero-order valence-corrected chi connectivity index (χ0v) is 10.5. The fourth-order valence-corrected chi connectivity index (χ4v) is 2.87. The molecule has 0 aliphatic carbocycles. The van der Waals surface area contributed by atoms with Gasteiger partial charge in [0.1, 0.15) is 0 Å². The van der Waals surface area contributed by atoms with Crippen molar-refractivity contribution in [3.63, 3.8) is 0 Å². The van der Waals surface area contributed by atoms with Crippen LogP contribution >= 0.6 is 27.7 Å². The van der Waals surface area contributed by atoms with E-state index in [-0.39, 0.29) is 0 Å². The largest absolute Gasteiger partial charge is 0.357 e. The topological polar surface area (TPSA) is 15.8 Å². The average molecular weight is 292 g/mol. The summed E-state index contributed by atoms with van der Waals surface area (Å²) < 4.78 is 27.4. The van der Waals surface area contributed by atoms with Crippen LogP contribution in [-0.4, -0.2) is 11.2 Å².